The largest absolute Gasteiger partial charge is 0.466 e. The average Bonchev–Trinajstić information content (AvgIpc) is 2.33. The molecule has 0 saturated heterocycles. The zero-order chi connectivity index (χ0) is 12.6. The number of halogens is 2. The Morgan fingerprint density at radius 2 is 2.18 bits per heavy atom. The topological polar surface area (TPSA) is 43.4 Å². The Labute approximate surface area is 96.4 Å². The van der Waals surface area contributed by atoms with E-state index in [4.69, 9.17) is 0 Å². The van der Waals surface area contributed by atoms with Gasteiger partial charge in [0.15, 0.2) is 0 Å². The van der Waals surface area contributed by atoms with Gasteiger partial charge >= 0.3 is 5.97 Å². The molecule has 1 aromatic carbocycles. The van der Waals surface area contributed by atoms with E-state index >= 15 is 0 Å². The van der Waals surface area contributed by atoms with E-state index in [1.807, 2.05) is 0 Å². The van der Waals surface area contributed by atoms with E-state index in [0.29, 0.717) is 5.56 Å². The van der Waals surface area contributed by atoms with Crippen molar-refractivity contribution in [3.63, 3.8) is 0 Å². The van der Waals surface area contributed by atoms with Gasteiger partial charge in [-0.2, -0.15) is 0 Å². The van der Waals surface area contributed by atoms with Gasteiger partial charge in [-0.05, 0) is 24.1 Å². The molecule has 1 aromatic rings. The average molecular weight is 240 g/mol. The van der Waals surface area contributed by atoms with Crippen molar-refractivity contribution in [3.05, 3.63) is 35.1 Å². The summed E-state index contributed by atoms with van der Waals surface area (Å²) < 4.78 is 31.5. The van der Waals surface area contributed by atoms with Gasteiger partial charge in [-0.15, -0.1) is 0 Å². The Balaban J connectivity index is 2.48. The smallest absolute Gasteiger partial charge is 0.351 e. The van der Waals surface area contributed by atoms with E-state index in [0.717, 1.165) is 13.2 Å². The monoisotopic (exact) mass is 240 g/mol. The van der Waals surface area contributed by atoms with Crippen LogP contribution in [-0.4, -0.2) is 24.5 Å². The van der Waals surface area contributed by atoms with Crippen LogP contribution in [0.25, 0.3) is 0 Å². The predicted octanol–water partition coefficient (Wildman–Crippen LogP) is 1.84. The molecule has 0 bridgehead atoms. The summed E-state index contributed by atoms with van der Waals surface area (Å²) in [7, 11) is 1.01. The molecule has 0 N–H and O–H groups in total. The molecule has 0 fully saturated rings. The van der Waals surface area contributed by atoms with Crippen LogP contribution in [0.1, 0.15) is 22.3 Å². The zero-order valence-electron chi connectivity index (χ0n) is 9.13. The summed E-state index contributed by atoms with van der Waals surface area (Å²) >= 11 is 0. The first-order chi connectivity index (χ1) is 7.99. The van der Waals surface area contributed by atoms with Crippen LogP contribution in [0.15, 0.2) is 18.2 Å². The highest BCUT2D eigenvalue weighted by atomic mass is 19.1. The van der Waals surface area contributed by atoms with Gasteiger partial charge in [-0.3, -0.25) is 4.79 Å². The number of esters is 1. The Hall–Kier alpha value is -1.78. The molecule has 17 heavy (non-hydrogen) atoms. The van der Waals surface area contributed by atoms with Crippen LogP contribution in [0, 0.1) is 5.82 Å². The van der Waals surface area contributed by atoms with E-state index in [2.05, 4.69) is 4.74 Å². The Bertz CT molecular complexity index is 499. The second-order valence-electron chi connectivity index (χ2n) is 3.92. The summed E-state index contributed by atoms with van der Waals surface area (Å²) in [4.78, 5) is 23.1. The third kappa shape index (κ3) is 1.71. The molecule has 1 unspecified atom stereocenters. The third-order valence-electron chi connectivity index (χ3n) is 2.92. The quantitative estimate of drug-likeness (QED) is 0.555. The van der Waals surface area contributed by atoms with Crippen molar-refractivity contribution in [2.24, 2.45) is 0 Å². The lowest BCUT2D eigenvalue weighted by molar-refractivity contribution is -0.151. The Kier molecular flexibility index (Phi) is 2.69. The summed E-state index contributed by atoms with van der Waals surface area (Å²) in [5, 5.41) is 0. The highest BCUT2D eigenvalue weighted by Crippen LogP contribution is 2.33. The molecule has 2 rings (SSSR count). The van der Waals surface area contributed by atoms with Crippen LogP contribution in [0.5, 0.6) is 0 Å². The molecule has 3 nitrogen and oxygen atoms in total. The minimum atomic E-state index is -2.68. The molecule has 0 amide bonds. The molecule has 0 spiro atoms. The maximum Gasteiger partial charge on any atom is 0.351 e. The number of aryl methyl sites for hydroxylation is 1. The lowest BCUT2D eigenvalue weighted by atomic mass is 9.80. The second-order valence-corrected chi connectivity index (χ2v) is 3.92. The number of methoxy groups -OCH3 is 1. The van der Waals surface area contributed by atoms with Gasteiger partial charge in [0.1, 0.15) is 5.82 Å². The van der Waals surface area contributed by atoms with Gasteiger partial charge in [0, 0.05) is 12.0 Å². The first kappa shape index (κ1) is 11.7. The molecule has 90 valence electrons. The fourth-order valence-corrected chi connectivity index (χ4v) is 1.97. The van der Waals surface area contributed by atoms with Crippen LogP contribution in [0.3, 0.4) is 0 Å². The number of hydrogen-bond donors (Lipinski definition) is 0. The molecular weight excluding hydrogens is 230 g/mol. The Morgan fingerprint density at radius 3 is 2.82 bits per heavy atom. The van der Waals surface area contributed by atoms with Crippen molar-refractivity contribution in [1.29, 1.82) is 0 Å². The van der Waals surface area contributed by atoms with Crippen molar-refractivity contribution in [1.82, 2.24) is 0 Å². The van der Waals surface area contributed by atoms with Gasteiger partial charge < -0.3 is 4.74 Å². The summed E-state index contributed by atoms with van der Waals surface area (Å²) in [6.07, 6.45) is -0.0654. The number of rotatable bonds is 1. The van der Waals surface area contributed by atoms with Crippen molar-refractivity contribution in [2.45, 2.75) is 18.5 Å². The van der Waals surface area contributed by atoms with Gasteiger partial charge in [0.2, 0.25) is 5.78 Å². The van der Waals surface area contributed by atoms with Crippen molar-refractivity contribution in [2.75, 3.05) is 7.11 Å². The number of fused-ring (bicyclic) bond motifs is 1. The summed E-state index contributed by atoms with van der Waals surface area (Å²) in [6.45, 7) is 0. The molecule has 1 aliphatic rings. The number of hydrogen-bond acceptors (Lipinski definition) is 3. The minimum absolute atomic E-state index is 0.0795. The standard InChI is InChI=1S/C12H10F2O3/c1-17-11(16)12(14)5-4-7-2-3-8(13)6-9(7)10(12)15/h2-3,6H,4-5H2,1H3. The highest BCUT2D eigenvalue weighted by molar-refractivity contribution is 6.16. The summed E-state index contributed by atoms with van der Waals surface area (Å²) in [5.41, 5.74) is -2.21. The first-order valence-corrected chi connectivity index (χ1v) is 5.09. The van der Waals surface area contributed by atoms with E-state index in [9.17, 15) is 18.4 Å². The number of ketones is 1. The minimum Gasteiger partial charge on any atom is -0.466 e. The molecule has 5 heteroatoms. The summed E-state index contributed by atoms with van der Waals surface area (Å²) in [5.74, 6) is -2.88. The molecule has 1 aliphatic carbocycles. The fourth-order valence-electron chi connectivity index (χ4n) is 1.97. The zero-order valence-corrected chi connectivity index (χ0v) is 9.13. The van der Waals surface area contributed by atoms with Crippen LogP contribution < -0.4 is 0 Å². The van der Waals surface area contributed by atoms with Crippen molar-refractivity contribution >= 4 is 11.8 Å². The number of alkyl halides is 1. The van der Waals surface area contributed by atoms with Gasteiger partial charge in [-0.25, -0.2) is 13.6 Å². The van der Waals surface area contributed by atoms with Crippen LogP contribution in [0.2, 0.25) is 0 Å². The molecule has 1 atom stereocenters. The number of carbonyl (C=O) groups excluding carboxylic acids is 2. The Morgan fingerprint density at radius 1 is 1.47 bits per heavy atom. The first-order valence-electron chi connectivity index (χ1n) is 5.09. The molecule has 0 aromatic heterocycles. The van der Waals surface area contributed by atoms with E-state index in [-0.39, 0.29) is 18.4 Å². The van der Waals surface area contributed by atoms with Gasteiger partial charge in [-0.1, -0.05) is 6.07 Å². The summed E-state index contributed by atoms with van der Waals surface area (Å²) in [6, 6.07) is 3.59. The number of Topliss-reactive ketones (excluding diaryl/α,β-unsaturated/α-hetero) is 1. The van der Waals surface area contributed by atoms with E-state index in [1.54, 1.807) is 0 Å². The predicted molar refractivity (Wildman–Crippen MR) is 54.9 cm³/mol. The lowest BCUT2D eigenvalue weighted by Gasteiger charge is -2.26. The molecule has 0 saturated carbocycles. The van der Waals surface area contributed by atoms with Crippen LogP contribution in [0.4, 0.5) is 8.78 Å². The molecule has 0 radical (unpaired) electrons. The van der Waals surface area contributed by atoms with Crippen LogP contribution >= 0.6 is 0 Å². The van der Waals surface area contributed by atoms with Gasteiger partial charge in [0.05, 0.1) is 7.11 Å². The molecular formula is C12H10F2O3. The third-order valence-corrected chi connectivity index (χ3v) is 2.92. The molecule has 0 heterocycles. The van der Waals surface area contributed by atoms with Crippen LogP contribution in [-0.2, 0) is 16.0 Å². The number of ether oxygens (including phenoxy) is 1. The second kappa shape index (κ2) is 3.91. The SMILES string of the molecule is COC(=O)C1(F)CCc2ccc(F)cc2C1=O. The maximum absolute atomic E-state index is 14.2. The fraction of sp³-hybridized carbons (Fsp3) is 0.333. The van der Waals surface area contributed by atoms with Crippen molar-refractivity contribution in [3.8, 4) is 0 Å². The van der Waals surface area contributed by atoms with E-state index in [1.165, 1.54) is 12.1 Å². The van der Waals surface area contributed by atoms with E-state index < -0.39 is 23.2 Å². The lowest BCUT2D eigenvalue weighted by Crippen LogP contribution is -2.46. The maximum atomic E-state index is 14.2. The van der Waals surface area contributed by atoms with Crippen molar-refractivity contribution < 1.29 is 23.1 Å². The highest BCUT2D eigenvalue weighted by Gasteiger charge is 2.50. The van der Waals surface area contributed by atoms with Gasteiger partial charge in [0.25, 0.3) is 5.67 Å². The molecule has 0 aliphatic heterocycles. The number of benzene rings is 1. The number of carbonyl (C=O) groups is 2. The normalized spacial score (nSPS) is 23.1.